The topological polar surface area (TPSA) is 26.3 Å². The smallest absolute Gasteiger partial charge is 0.338 e. The molecule has 0 saturated carbocycles. The SMILES string of the molecule is COC(=O)c1cc(C)c(Br)cc1-c1ccc(C(C)(C)C)cc1. The van der Waals surface area contributed by atoms with Gasteiger partial charge in [-0.05, 0) is 46.7 Å². The summed E-state index contributed by atoms with van der Waals surface area (Å²) >= 11 is 3.54. The molecule has 0 unspecified atom stereocenters. The Hall–Kier alpha value is -1.61. The maximum absolute atomic E-state index is 12.1. The van der Waals surface area contributed by atoms with Crippen LogP contribution in [0.25, 0.3) is 11.1 Å². The molecule has 0 N–H and O–H groups in total. The van der Waals surface area contributed by atoms with Crippen molar-refractivity contribution in [3.8, 4) is 11.1 Å². The van der Waals surface area contributed by atoms with Crippen LogP contribution >= 0.6 is 15.9 Å². The van der Waals surface area contributed by atoms with Gasteiger partial charge in [-0.1, -0.05) is 61.0 Å². The van der Waals surface area contributed by atoms with Gasteiger partial charge in [-0.15, -0.1) is 0 Å². The molecular weight excluding hydrogens is 340 g/mol. The molecule has 0 fully saturated rings. The number of halogens is 1. The molecule has 116 valence electrons. The molecule has 0 heterocycles. The van der Waals surface area contributed by atoms with Gasteiger partial charge in [0.1, 0.15) is 0 Å². The van der Waals surface area contributed by atoms with E-state index in [-0.39, 0.29) is 11.4 Å². The van der Waals surface area contributed by atoms with Crippen LogP contribution < -0.4 is 0 Å². The van der Waals surface area contributed by atoms with Crippen LogP contribution in [-0.2, 0) is 10.2 Å². The number of benzene rings is 2. The maximum Gasteiger partial charge on any atom is 0.338 e. The van der Waals surface area contributed by atoms with Crippen LogP contribution in [0.4, 0.5) is 0 Å². The van der Waals surface area contributed by atoms with Crippen molar-refractivity contribution in [2.45, 2.75) is 33.1 Å². The first-order valence-electron chi connectivity index (χ1n) is 7.23. The van der Waals surface area contributed by atoms with Gasteiger partial charge in [0.15, 0.2) is 0 Å². The van der Waals surface area contributed by atoms with E-state index in [2.05, 4.69) is 61.0 Å². The maximum atomic E-state index is 12.1. The lowest BCUT2D eigenvalue weighted by Crippen LogP contribution is -2.10. The van der Waals surface area contributed by atoms with Gasteiger partial charge in [-0.25, -0.2) is 4.79 Å². The van der Waals surface area contributed by atoms with Gasteiger partial charge in [0.05, 0.1) is 12.7 Å². The fourth-order valence-corrected chi connectivity index (χ4v) is 2.69. The summed E-state index contributed by atoms with van der Waals surface area (Å²) in [6.45, 7) is 8.52. The van der Waals surface area contributed by atoms with Crippen LogP contribution in [0, 0.1) is 6.92 Å². The average molecular weight is 361 g/mol. The number of methoxy groups -OCH3 is 1. The lowest BCUT2D eigenvalue weighted by Gasteiger charge is -2.19. The highest BCUT2D eigenvalue weighted by Gasteiger charge is 2.17. The van der Waals surface area contributed by atoms with Gasteiger partial charge in [0, 0.05) is 4.47 Å². The number of carbonyl (C=O) groups is 1. The van der Waals surface area contributed by atoms with Gasteiger partial charge >= 0.3 is 5.97 Å². The largest absolute Gasteiger partial charge is 0.465 e. The Bertz CT molecular complexity index is 695. The number of aryl methyl sites for hydroxylation is 1. The van der Waals surface area contributed by atoms with Crippen LogP contribution in [-0.4, -0.2) is 13.1 Å². The fourth-order valence-electron chi connectivity index (χ4n) is 2.35. The molecule has 0 bridgehead atoms. The summed E-state index contributed by atoms with van der Waals surface area (Å²) in [6.07, 6.45) is 0. The highest BCUT2D eigenvalue weighted by Crippen LogP contribution is 2.32. The molecule has 22 heavy (non-hydrogen) atoms. The lowest BCUT2D eigenvalue weighted by atomic mass is 9.86. The minimum Gasteiger partial charge on any atom is -0.465 e. The third kappa shape index (κ3) is 3.41. The first-order valence-corrected chi connectivity index (χ1v) is 8.02. The number of hydrogen-bond donors (Lipinski definition) is 0. The Morgan fingerprint density at radius 1 is 1.09 bits per heavy atom. The second kappa shape index (κ2) is 6.25. The number of ether oxygens (including phenoxy) is 1. The fraction of sp³-hybridized carbons (Fsp3) is 0.316. The molecule has 0 atom stereocenters. The summed E-state index contributed by atoms with van der Waals surface area (Å²) in [5.41, 5.74) is 4.86. The Kier molecular flexibility index (Phi) is 4.76. The molecule has 0 saturated heterocycles. The zero-order valence-electron chi connectivity index (χ0n) is 13.7. The molecule has 0 amide bonds. The Labute approximate surface area is 140 Å². The highest BCUT2D eigenvalue weighted by molar-refractivity contribution is 9.10. The molecule has 0 aliphatic heterocycles. The van der Waals surface area contributed by atoms with Crippen LogP contribution in [0.5, 0.6) is 0 Å². The molecule has 0 radical (unpaired) electrons. The average Bonchev–Trinajstić information content (AvgIpc) is 2.48. The third-order valence-electron chi connectivity index (χ3n) is 3.77. The zero-order valence-corrected chi connectivity index (χ0v) is 15.2. The van der Waals surface area contributed by atoms with E-state index in [1.807, 2.05) is 19.1 Å². The molecular formula is C19H21BrO2. The predicted molar refractivity (Wildman–Crippen MR) is 94.4 cm³/mol. The predicted octanol–water partition coefficient (Wildman–Crippen LogP) is 5.51. The van der Waals surface area contributed by atoms with E-state index in [1.165, 1.54) is 12.7 Å². The molecule has 3 heteroatoms. The quantitative estimate of drug-likeness (QED) is 0.660. The van der Waals surface area contributed by atoms with E-state index >= 15 is 0 Å². The van der Waals surface area contributed by atoms with Crippen LogP contribution in [0.1, 0.15) is 42.3 Å². The van der Waals surface area contributed by atoms with E-state index in [9.17, 15) is 4.79 Å². The number of carbonyl (C=O) groups excluding carboxylic acids is 1. The van der Waals surface area contributed by atoms with Crippen molar-refractivity contribution in [3.05, 3.63) is 57.6 Å². The Balaban J connectivity index is 2.56. The van der Waals surface area contributed by atoms with Crippen molar-refractivity contribution < 1.29 is 9.53 Å². The van der Waals surface area contributed by atoms with E-state index < -0.39 is 0 Å². The number of esters is 1. The van der Waals surface area contributed by atoms with Crippen molar-refractivity contribution in [1.82, 2.24) is 0 Å². The van der Waals surface area contributed by atoms with E-state index in [1.54, 1.807) is 0 Å². The first-order chi connectivity index (χ1) is 10.2. The Morgan fingerprint density at radius 3 is 2.18 bits per heavy atom. The molecule has 2 rings (SSSR count). The zero-order chi connectivity index (χ0) is 16.5. The summed E-state index contributed by atoms with van der Waals surface area (Å²) in [4.78, 5) is 12.1. The third-order valence-corrected chi connectivity index (χ3v) is 4.62. The van der Waals surface area contributed by atoms with Crippen molar-refractivity contribution in [1.29, 1.82) is 0 Å². The molecule has 0 aliphatic rings. The molecule has 0 aromatic heterocycles. The van der Waals surface area contributed by atoms with Crippen molar-refractivity contribution >= 4 is 21.9 Å². The number of rotatable bonds is 2. The van der Waals surface area contributed by atoms with E-state index in [4.69, 9.17) is 4.74 Å². The normalized spacial score (nSPS) is 11.4. The summed E-state index contributed by atoms with van der Waals surface area (Å²) < 4.78 is 5.90. The summed E-state index contributed by atoms with van der Waals surface area (Å²) in [6, 6.07) is 12.2. The van der Waals surface area contributed by atoms with Crippen LogP contribution in [0.3, 0.4) is 0 Å². The molecule has 2 aromatic carbocycles. The van der Waals surface area contributed by atoms with Crippen molar-refractivity contribution in [2.24, 2.45) is 0 Å². The molecule has 0 aliphatic carbocycles. The van der Waals surface area contributed by atoms with Gasteiger partial charge < -0.3 is 4.74 Å². The Morgan fingerprint density at radius 2 is 1.68 bits per heavy atom. The first kappa shape index (κ1) is 16.8. The second-order valence-electron chi connectivity index (χ2n) is 6.47. The molecule has 0 spiro atoms. The monoisotopic (exact) mass is 360 g/mol. The van der Waals surface area contributed by atoms with Crippen molar-refractivity contribution in [2.75, 3.05) is 7.11 Å². The minimum atomic E-state index is -0.314. The van der Waals surface area contributed by atoms with E-state index in [0.29, 0.717) is 5.56 Å². The number of hydrogen-bond acceptors (Lipinski definition) is 2. The van der Waals surface area contributed by atoms with Gasteiger partial charge in [-0.3, -0.25) is 0 Å². The molecule has 2 nitrogen and oxygen atoms in total. The minimum absolute atomic E-state index is 0.109. The van der Waals surface area contributed by atoms with Crippen molar-refractivity contribution in [3.63, 3.8) is 0 Å². The lowest BCUT2D eigenvalue weighted by molar-refractivity contribution is 0.0601. The summed E-state index contributed by atoms with van der Waals surface area (Å²) in [5.74, 6) is -0.314. The summed E-state index contributed by atoms with van der Waals surface area (Å²) in [5, 5.41) is 0. The van der Waals surface area contributed by atoms with Crippen LogP contribution in [0.2, 0.25) is 0 Å². The standard InChI is InChI=1S/C19H21BrO2/c1-12-10-16(18(21)22-5)15(11-17(12)20)13-6-8-14(9-7-13)19(2,3)4/h6-11H,1-5H3. The van der Waals surface area contributed by atoms with E-state index in [0.717, 1.165) is 21.2 Å². The van der Waals surface area contributed by atoms with Gasteiger partial charge in [-0.2, -0.15) is 0 Å². The van der Waals surface area contributed by atoms with Crippen LogP contribution in [0.15, 0.2) is 40.9 Å². The van der Waals surface area contributed by atoms with Gasteiger partial charge in [0.2, 0.25) is 0 Å². The van der Waals surface area contributed by atoms with Gasteiger partial charge in [0.25, 0.3) is 0 Å². The molecule has 2 aromatic rings. The summed E-state index contributed by atoms with van der Waals surface area (Å²) in [7, 11) is 1.41. The highest BCUT2D eigenvalue weighted by atomic mass is 79.9. The second-order valence-corrected chi connectivity index (χ2v) is 7.32.